The molecule has 0 aliphatic carbocycles. The number of nitrogens with zero attached hydrogens (tertiary/aromatic N) is 3. The molecule has 8 aromatic rings. The van der Waals surface area contributed by atoms with E-state index in [1.54, 1.807) is 19.2 Å². The van der Waals surface area contributed by atoms with Crippen LogP contribution in [0, 0.1) is 19.9 Å². The molecule has 0 radical (unpaired) electrons. The van der Waals surface area contributed by atoms with Gasteiger partial charge in [-0.2, -0.15) is 0 Å². The minimum Gasteiger partial charge on any atom is -0.507 e. The number of rotatable bonds is 10. The second kappa shape index (κ2) is 18.7. The number of imidazole rings is 1. The summed E-state index contributed by atoms with van der Waals surface area (Å²) in [6.07, 6.45) is 1.64. The van der Waals surface area contributed by atoms with Crippen molar-refractivity contribution in [2.45, 2.75) is 119 Å². The van der Waals surface area contributed by atoms with E-state index in [1.165, 1.54) is 0 Å². The number of phenols is 1. The number of hydrogen-bond acceptors (Lipinski definition) is 3. The summed E-state index contributed by atoms with van der Waals surface area (Å²) in [5, 5.41) is 12.3. The summed E-state index contributed by atoms with van der Waals surface area (Å²) in [5.41, 5.74) is 14.3. The molecule has 5 heteroatoms. The van der Waals surface area contributed by atoms with E-state index in [2.05, 4.69) is 133 Å². The SMILES string of the molecule is [2H]c1c([2H])c(-c2ccnc(-c3[c-]c(-c4cccc5c4nc(-c4cc(C(C)C)cc(C(C)C)c4O)n5-c4ccc(-c5cc(C([2H])(C)C)cc(C([2H])(C)C)c5)cc4C)cc(C(C)(C)C)c3)c2)c([2H])c([2H])c1C.[Pt]. The van der Waals surface area contributed by atoms with E-state index in [0.29, 0.717) is 39.3 Å². The number of aromatic nitrogens is 3. The van der Waals surface area contributed by atoms with Gasteiger partial charge in [0.15, 0.2) is 0 Å². The third-order valence-electron chi connectivity index (χ3n) is 12.3. The Morgan fingerprint density at radius 2 is 1.32 bits per heavy atom. The minimum absolute atomic E-state index is 0. The molecule has 2 heterocycles. The van der Waals surface area contributed by atoms with E-state index in [-0.39, 0.29) is 73.8 Å². The van der Waals surface area contributed by atoms with Crippen molar-refractivity contribution in [2.75, 3.05) is 0 Å². The maximum Gasteiger partial charge on any atom is 0.148 e. The molecule has 1 N–H and O–H groups in total. The summed E-state index contributed by atoms with van der Waals surface area (Å²) >= 11 is 0. The summed E-state index contributed by atoms with van der Waals surface area (Å²) in [4.78, 5) is 10.3. The van der Waals surface area contributed by atoms with E-state index >= 15 is 0 Å². The first kappa shape index (κ1) is 39.8. The Labute approximate surface area is 410 Å². The standard InChI is InChI=1S/C60H64N3O.Pt/c1-35(2)44-26-45(36(3)4)28-47(27-44)42-21-22-55(40(10)25-42)63-56-16-14-15-51(57(56)62-59(63)53-33-46(37(5)6)32-52(38(7)8)58(53)64)48-29-49(31-50(30-48)60(11,12)13)54-34-43(23-24-61-54)41-19-17-39(9)18-20-41;/h14-28,30-38,64H,1-13H3;/q-1;/i17D,18D,19D,20D,35D,36D;. The van der Waals surface area contributed by atoms with E-state index in [0.717, 1.165) is 66.8 Å². The van der Waals surface area contributed by atoms with E-state index in [9.17, 15) is 5.11 Å². The van der Waals surface area contributed by atoms with Crippen molar-refractivity contribution in [3.05, 3.63) is 166 Å². The van der Waals surface area contributed by atoms with Gasteiger partial charge in [-0.3, -0.25) is 9.55 Å². The van der Waals surface area contributed by atoms with Crippen molar-refractivity contribution in [1.29, 1.82) is 0 Å². The summed E-state index contributed by atoms with van der Waals surface area (Å²) in [7, 11) is 0. The van der Waals surface area contributed by atoms with Crippen LogP contribution in [0.15, 0.2) is 121 Å². The summed E-state index contributed by atoms with van der Waals surface area (Å²) in [5.74, 6) is -0.707. The molecule has 4 nitrogen and oxygen atoms in total. The second-order valence-corrected chi connectivity index (χ2v) is 19.4. The minimum atomic E-state index is -0.861. The quantitative estimate of drug-likeness (QED) is 0.139. The van der Waals surface area contributed by atoms with Crippen LogP contribution in [0.25, 0.3) is 72.7 Å². The monoisotopic (exact) mass is 1040 g/mol. The molecular formula is C60H64N3OPt-. The van der Waals surface area contributed by atoms with Crippen molar-refractivity contribution in [2.24, 2.45) is 0 Å². The van der Waals surface area contributed by atoms with Crippen LogP contribution in [-0.4, -0.2) is 19.6 Å². The fourth-order valence-electron chi connectivity index (χ4n) is 8.36. The molecule has 0 aliphatic heterocycles. The van der Waals surface area contributed by atoms with E-state index in [4.69, 9.17) is 18.2 Å². The first-order valence-electron chi connectivity index (χ1n) is 25.4. The van der Waals surface area contributed by atoms with Crippen LogP contribution in [0.3, 0.4) is 0 Å². The molecular weight excluding hydrogens is 974 g/mol. The topological polar surface area (TPSA) is 50.9 Å². The number of para-hydroxylation sites is 1. The van der Waals surface area contributed by atoms with Gasteiger partial charge in [-0.1, -0.05) is 166 Å². The molecule has 0 spiro atoms. The van der Waals surface area contributed by atoms with Crippen LogP contribution in [0.1, 0.15) is 147 Å². The molecule has 6 aromatic carbocycles. The third kappa shape index (κ3) is 9.57. The van der Waals surface area contributed by atoms with Crippen molar-refractivity contribution in [3.63, 3.8) is 0 Å². The fourth-order valence-corrected chi connectivity index (χ4v) is 8.36. The number of aromatic hydroxyl groups is 1. The van der Waals surface area contributed by atoms with Crippen LogP contribution >= 0.6 is 0 Å². The largest absolute Gasteiger partial charge is 0.507 e. The molecule has 0 bridgehead atoms. The first-order valence-corrected chi connectivity index (χ1v) is 22.4. The van der Waals surface area contributed by atoms with Crippen molar-refractivity contribution >= 4 is 11.0 Å². The molecule has 0 atom stereocenters. The van der Waals surface area contributed by atoms with Crippen LogP contribution in [0.5, 0.6) is 5.75 Å². The van der Waals surface area contributed by atoms with Crippen molar-refractivity contribution in [1.82, 2.24) is 14.5 Å². The van der Waals surface area contributed by atoms with E-state index in [1.807, 2.05) is 45.9 Å². The number of aryl methyl sites for hydroxylation is 1. The molecule has 2 aromatic heterocycles. The predicted molar refractivity (Wildman–Crippen MR) is 271 cm³/mol. The first-order chi connectivity index (χ1) is 32.6. The van der Waals surface area contributed by atoms with Crippen molar-refractivity contribution < 1.29 is 34.4 Å². The molecule has 8 rings (SSSR count). The molecule has 336 valence electrons. The number of fused-ring (bicyclic) bond motifs is 1. The fraction of sp³-hybridized carbons (Fsp3) is 0.300. The predicted octanol–water partition coefficient (Wildman–Crippen LogP) is 16.7. The van der Waals surface area contributed by atoms with Crippen LogP contribution in [-0.2, 0) is 26.5 Å². The Bertz CT molecular complexity index is 3310. The van der Waals surface area contributed by atoms with Gasteiger partial charge in [0.25, 0.3) is 0 Å². The second-order valence-electron chi connectivity index (χ2n) is 19.4. The van der Waals surface area contributed by atoms with Gasteiger partial charge in [-0.15, -0.1) is 29.3 Å². The molecule has 0 fully saturated rings. The van der Waals surface area contributed by atoms with Crippen LogP contribution < -0.4 is 0 Å². The summed E-state index contributed by atoms with van der Waals surface area (Å²) in [6, 6.07) is 33.9. The zero-order valence-corrected chi connectivity index (χ0v) is 42.3. The Kier molecular flexibility index (Phi) is 11.5. The summed E-state index contributed by atoms with van der Waals surface area (Å²) in [6.45, 7) is 26.2. The number of phenolic OH excluding ortho intramolecular Hbond substituents is 1. The molecule has 0 amide bonds. The van der Waals surface area contributed by atoms with Crippen LogP contribution in [0.2, 0.25) is 0 Å². The van der Waals surface area contributed by atoms with Gasteiger partial charge < -0.3 is 5.11 Å². The van der Waals surface area contributed by atoms with Gasteiger partial charge in [0.2, 0.25) is 0 Å². The average Bonchev–Trinajstić information content (AvgIpc) is 3.68. The van der Waals surface area contributed by atoms with Gasteiger partial charge in [0.1, 0.15) is 11.6 Å². The van der Waals surface area contributed by atoms with Gasteiger partial charge in [0.05, 0.1) is 27.8 Å². The van der Waals surface area contributed by atoms with Crippen molar-refractivity contribution in [3.8, 4) is 67.5 Å². The zero-order chi connectivity index (χ0) is 51.1. The third-order valence-corrected chi connectivity index (χ3v) is 12.3. The molecule has 0 aliphatic rings. The van der Waals surface area contributed by atoms with Gasteiger partial charge in [0, 0.05) is 35.7 Å². The Balaban J connectivity index is 0.00000741. The normalized spacial score (nSPS) is 13.6. The number of pyridine rings is 1. The maximum absolute atomic E-state index is 12.3. The van der Waals surface area contributed by atoms with Gasteiger partial charge in [-0.05, 0) is 123 Å². The maximum atomic E-state index is 12.3. The zero-order valence-electron chi connectivity index (χ0n) is 46.0. The number of hydrogen-bond donors (Lipinski definition) is 1. The Hall–Kier alpha value is -5.57. The number of benzene rings is 6. The smallest absolute Gasteiger partial charge is 0.148 e. The van der Waals surface area contributed by atoms with Crippen LogP contribution in [0.4, 0.5) is 0 Å². The molecule has 0 saturated heterocycles. The Morgan fingerprint density at radius 3 is 1.94 bits per heavy atom. The summed E-state index contributed by atoms with van der Waals surface area (Å²) < 4.78 is 54.7. The van der Waals surface area contributed by atoms with Gasteiger partial charge >= 0.3 is 0 Å². The van der Waals surface area contributed by atoms with E-state index < -0.39 is 11.8 Å². The van der Waals surface area contributed by atoms with Gasteiger partial charge in [-0.25, -0.2) is 4.98 Å². The average molecular weight is 1040 g/mol. The molecule has 0 unspecified atom stereocenters. The molecule has 65 heavy (non-hydrogen) atoms. The Morgan fingerprint density at radius 1 is 0.662 bits per heavy atom. The molecule has 0 saturated carbocycles.